The molecule has 1 aliphatic heterocycles. The quantitative estimate of drug-likeness (QED) is 0.811. The average molecular weight is 292 g/mol. The number of hydrogen-bond donors (Lipinski definition) is 2. The molecule has 0 aliphatic carbocycles. The summed E-state index contributed by atoms with van der Waals surface area (Å²) in [4.78, 5) is 0. The fourth-order valence-electron chi connectivity index (χ4n) is 3.09. The third-order valence-corrected chi connectivity index (χ3v) is 4.08. The van der Waals surface area contributed by atoms with Crippen molar-refractivity contribution in [3.05, 3.63) is 23.8 Å². The lowest BCUT2D eigenvalue weighted by Crippen LogP contribution is -2.41. The molecule has 2 unspecified atom stereocenters. The molecule has 0 amide bonds. The second-order valence-electron chi connectivity index (χ2n) is 5.46. The van der Waals surface area contributed by atoms with Crippen molar-refractivity contribution in [1.29, 1.82) is 0 Å². The van der Waals surface area contributed by atoms with E-state index in [-0.39, 0.29) is 0 Å². The van der Waals surface area contributed by atoms with E-state index >= 15 is 0 Å². The Balaban J connectivity index is 2.25. The summed E-state index contributed by atoms with van der Waals surface area (Å²) in [7, 11) is 0. The Kier molecular flexibility index (Phi) is 6.33. The first-order chi connectivity index (χ1) is 10.3. The molecule has 0 radical (unpaired) electrons. The SMILES string of the molecule is CCOc1ccc(C(CN)C2CCCCN2)c(OCC)c1. The second-order valence-corrected chi connectivity index (χ2v) is 5.46. The van der Waals surface area contributed by atoms with Crippen LogP contribution in [0.3, 0.4) is 0 Å². The summed E-state index contributed by atoms with van der Waals surface area (Å²) in [5.41, 5.74) is 7.27. The summed E-state index contributed by atoms with van der Waals surface area (Å²) in [5, 5.41) is 3.61. The molecule has 118 valence electrons. The Labute approximate surface area is 128 Å². The van der Waals surface area contributed by atoms with Gasteiger partial charge < -0.3 is 20.5 Å². The molecule has 2 rings (SSSR count). The van der Waals surface area contributed by atoms with Crippen molar-refractivity contribution in [3.63, 3.8) is 0 Å². The van der Waals surface area contributed by atoms with E-state index < -0.39 is 0 Å². The molecule has 1 aromatic rings. The zero-order chi connectivity index (χ0) is 15.1. The maximum atomic E-state index is 6.07. The fourth-order valence-corrected chi connectivity index (χ4v) is 3.09. The summed E-state index contributed by atoms with van der Waals surface area (Å²) in [6.07, 6.45) is 3.71. The maximum absolute atomic E-state index is 6.07. The molecule has 4 nitrogen and oxygen atoms in total. The second kappa shape index (κ2) is 8.25. The van der Waals surface area contributed by atoms with Gasteiger partial charge in [-0.3, -0.25) is 0 Å². The van der Waals surface area contributed by atoms with Crippen molar-refractivity contribution in [2.45, 2.75) is 45.1 Å². The Morgan fingerprint density at radius 3 is 2.67 bits per heavy atom. The van der Waals surface area contributed by atoms with Crippen LogP contribution in [0.2, 0.25) is 0 Å². The highest BCUT2D eigenvalue weighted by atomic mass is 16.5. The van der Waals surface area contributed by atoms with E-state index in [1.807, 2.05) is 26.0 Å². The van der Waals surface area contributed by atoms with E-state index in [2.05, 4.69) is 11.4 Å². The summed E-state index contributed by atoms with van der Waals surface area (Å²) in [6.45, 7) is 7.03. The number of rotatable bonds is 7. The molecule has 2 atom stereocenters. The number of hydrogen-bond acceptors (Lipinski definition) is 4. The topological polar surface area (TPSA) is 56.5 Å². The molecule has 1 aromatic carbocycles. The van der Waals surface area contributed by atoms with Crippen molar-refractivity contribution in [1.82, 2.24) is 5.32 Å². The van der Waals surface area contributed by atoms with Gasteiger partial charge in [0.2, 0.25) is 0 Å². The van der Waals surface area contributed by atoms with Gasteiger partial charge in [-0.25, -0.2) is 0 Å². The molecule has 21 heavy (non-hydrogen) atoms. The minimum atomic E-state index is 0.294. The third kappa shape index (κ3) is 4.11. The van der Waals surface area contributed by atoms with Crippen molar-refractivity contribution < 1.29 is 9.47 Å². The Morgan fingerprint density at radius 2 is 2.05 bits per heavy atom. The molecular weight excluding hydrogens is 264 g/mol. The van der Waals surface area contributed by atoms with Crippen LogP contribution < -0.4 is 20.5 Å². The molecule has 0 bridgehead atoms. The molecule has 4 heteroatoms. The number of nitrogens with two attached hydrogens (primary N) is 1. The molecule has 0 aromatic heterocycles. The van der Waals surface area contributed by atoms with E-state index in [0.717, 1.165) is 18.0 Å². The van der Waals surface area contributed by atoms with E-state index in [0.29, 0.717) is 31.7 Å². The smallest absolute Gasteiger partial charge is 0.126 e. The molecule has 1 aliphatic rings. The van der Waals surface area contributed by atoms with Crippen molar-refractivity contribution in [2.75, 3.05) is 26.3 Å². The minimum Gasteiger partial charge on any atom is -0.494 e. The van der Waals surface area contributed by atoms with Gasteiger partial charge in [-0.15, -0.1) is 0 Å². The molecule has 1 saturated heterocycles. The molecule has 0 spiro atoms. The van der Waals surface area contributed by atoms with Crippen LogP contribution in [0.5, 0.6) is 11.5 Å². The van der Waals surface area contributed by atoms with Crippen LogP contribution in [0.1, 0.15) is 44.6 Å². The summed E-state index contributed by atoms with van der Waals surface area (Å²) >= 11 is 0. The van der Waals surface area contributed by atoms with Gasteiger partial charge in [0.15, 0.2) is 0 Å². The zero-order valence-electron chi connectivity index (χ0n) is 13.2. The summed E-state index contributed by atoms with van der Waals surface area (Å²) in [6, 6.07) is 6.57. The van der Waals surface area contributed by atoms with E-state index in [1.54, 1.807) is 0 Å². The summed E-state index contributed by atoms with van der Waals surface area (Å²) < 4.78 is 11.4. The van der Waals surface area contributed by atoms with E-state index in [1.165, 1.54) is 24.8 Å². The number of nitrogens with one attached hydrogen (secondary N) is 1. The monoisotopic (exact) mass is 292 g/mol. The predicted molar refractivity (Wildman–Crippen MR) is 86.2 cm³/mol. The molecule has 0 saturated carbocycles. The molecule has 1 heterocycles. The molecular formula is C17H28N2O2. The molecule has 3 N–H and O–H groups in total. The van der Waals surface area contributed by atoms with Crippen LogP contribution in [0.25, 0.3) is 0 Å². The van der Waals surface area contributed by atoms with Gasteiger partial charge in [0.1, 0.15) is 11.5 Å². The lowest BCUT2D eigenvalue weighted by molar-refractivity contribution is 0.308. The van der Waals surface area contributed by atoms with Gasteiger partial charge in [-0.1, -0.05) is 12.5 Å². The first-order valence-electron chi connectivity index (χ1n) is 8.13. The predicted octanol–water partition coefficient (Wildman–Crippen LogP) is 2.67. The van der Waals surface area contributed by atoms with Crippen molar-refractivity contribution >= 4 is 0 Å². The normalized spacial score (nSPS) is 20.0. The van der Waals surface area contributed by atoms with Gasteiger partial charge in [-0.2, -0.15) is 0 Å². The van der Waals surface area contributed by atoms with Gasteiger partial charge in [0.05, 0.1) is 13.2 Å². The fraction of sp³-hybridized carbons (Fsp3) is 0.647. The van der Waals surface area contributed by atoms with Gasteiger partial charge >= 0.3 is 0 Å². The number of benzene rings is 1. The zero-order valence-corrected chi connectivity index (χ0v) is 13.2. The third-order valence-electron chi connectivity index (χ3n) is 4.08. The van der Waals surface area contributed by atoms with Crippen LogP contribution in [0, 0.1) is 0 Å². The minimum absolute atomic E-state index is 0.294. The van der Waals surface area contributed by atoms with Crippen LogP contribution >= 0.6 is 0 Å². The van der Waals surface area contributed by atoms with Crippen LogP contribution in [0.4, 0.5) is 0 Å². The van der Waals surface area contributed by atoms with E-state index in [4.69, 9.17) is 15.2 Å². The lowest BCUT2D eigenvalue weighted by Gasteiger charge is -2.32. The van der Waals surface area contributed by atoms with Gasteiger partial charge in [0.25, 0.3) is 0 Å². The van der Waals surface area contributed by atoms with Crippen molar-refractivity contribution in [2.24, 2.45) is 5.73 Å². The van der Waals surface area contributed by atoms with Crippen molar-refractivity contribution in [3.8, 4) is 11.5 Å². The lowest BCUT2D eigenvalue weighted by atomic mass is 9.86. The van der Waals surface area contributed by atoms with Gasteiger partial charge in [0, 0.05) is 30.1 Å². The maximum Gasteiger partial charge on any atom is 0.126 e. The Bertz CT molecular complexity index is 431. The van der Waals surface area contributed by atoms with E-state index in [9.17, 15) is 0 Å². The number of ether oxygens (including phenoxy) is 2. The number of piperidine rings is 1. The largest absolute Gasteiger partial charge is 0.494 e. The first kappa shape index (κ1) is 16.1. The van der Waals surface area contributed by atoms with Gasteiger partial charge in [-0.05, 0) is 39.3 Å². The standard InChI is InChI=1S/C17H28N2O2/c1-3-20-13-8-9-14(17(11-13)21-4-2)15(12-18)16-7-5-6-10-19-16/h8-9,11,15-16,19H,3-7,10,12,18H2,1-2H3. The first-order valence-corrected chi connectivity index (χ1v) is 8.13. The average Bonchev–Trinajstić information content (AvgIpc) is 2.52. The Hall–Kier alpha value is -1.26. The highest BCUT2D eigenvalue weighted by molar-refractivity contribution is 5.43. The van der Waals surface area contributed by atoms with Crippen LogP contribution in [-0.2, 0) is 0 Å². The molecule has 1 fully saturated rings. The van der Waals surface area contributed by atoms with Crippen LogP contribution in [-0.4, -0.2) is 32.3 Å². The highest BCUT2D eigenvalue weighted by Crippen LogP contribution is 2.34. The summed E-state index contributed by atoms with van der Waals surface area (Å²) in [5.74, 6) is 2.06. The highest BCUT2D eigenvalue weighted by Gasteiger charge is 2.26. The van der Waals surface area contributed by atoms with Crippen LogP contribution in [0.15, 0.2) is 18.2 Å². The Morgan fingerprint density at radius 1 is 1.24 bits per heavy atom.